The summed E-state index contributed by atoms with van der Waals surface area (Å²) in [4.78, 5) is 0. The summed E-state index contributed by atoms with van der Waals surface area (Å²) in [5, 5.41) is 17.4. The van der Waals surface area contributed by atoms with Crippen LogP contribution in [0.5, 0.6) is 11.5 Å². The van der Waals surface area contributed by atoms with Crippen LogP contribution in [-0.2, 0) is 0 Å². The molecule has 2 aromatic carbocycles. The minimum atomic E-state index is 0.535. The first-order valence-electron chi connectivity index (χ1n) is 5.82. The van der Waals surface area contributed by atoms with Gasteiger partial charge in [0.25, 0.3) is 0 Å². The Kier molecular flexibility index (Phi) is 2.02. The Bertz CT molecular complexity index is 739. The largest absolute Gasteiger partial charge is 0.453 e. The second-order valence-corrected chi connectivity index (χ2v) is 4.14. The molecule has 92 valence electrons. The van der Waals surface area contributed by atoms with E-state index in [9.17, 15) is 0 Å². The number of nitrogens with one attached hydrogen (secondary N) is 2. The first-order valence-corrected chi connectivity index (χ1v) is 5.82. The first-order chi connectivity index (χ1) is 9.42. The number of benzene rings is 2. The molecule has 2 N–H and O–H groups in total. The first kappa shape index (κ1) is 10.1. The topological polar surface area (TPSA) is 75.7 Å². The molecule has 19 heavy (non-hydrogen) atoms. The van der Waals surface area contributed by atoms with Crippen LogP contribution < -0.4 is 10.1 Å². The van der Waals surface area contributed by atoms with E-state index in [4.69, 9.17) is 4.74 Å². The van der Waals surface area contributed by atoms with Crippen LogP contribution in [0.3, 0.4) is 0 Å². The molecule has 0 spiro atoms. The Balaban J connectivity index is 1.88. The van der Waals surface area contributed by atoms with Crippen molar-refractivity contribution in [3.8, 4) is 22.9 Å². The maximum Gasteiger partial charge on any atom is 0.206 e. The summed E-state index contributed by atoms with van der Waals surface area (Å²) in [7, 11) is 0. The number of para-hydroxylation sites is 3. The molecule has 6 heteroatoms. The monoisotopic (exact) mass is 251 g/mol. The summed E-state index contributed by atoms with van der Waals surface area (Å²) >= 11 is 0. The van der Waals surface area contributed by atoms with Gasteiger partial charge in [0.15, 0.2) is 11.5 Å². The van der Waals surface area contributed by atoms with E-state index < -0.39 is 0 Å². The number of hydrogen-bond acceptors (Lipinski definition) is 5. The Morgan fingerprint density at radius 3 is 2.74 bits per heavy atom. The van der Waals surface area contributed by atoms with E-state index >= 15 is 0 Å². The molecular formula is C13H9N5O. The molecule has 0 unspecified atom stereocenters. The van der Waals surface area contributed by atoms with Crippen molar-refractivity contribution in [2.75, 3.05) is 5.32 Å². The minimum absolute atomic E-state index is 0.535. The molecule has 0 aliphatic carbocycles. The van der Waals surface area contributed by atoms with Gasteiger partial charge >= 0.3 is 0 Å². The van der Waals surface area contributed by atoms with Crippen molar-refractivity contribution in [1.82, 2.24) is 20.6 Å². The zero-order chi connectivity index (χ0) is 12.7. The summed E-state index contributed by atoms with van der Waals surface area (Å²) in [6.07, 6.45) is 0. The highest BCUT2D eigenvalue weighted by Crippen LogP contribution is 2.45. The van der Waals surface area contributed by atoms with Gasteiger partial charge in [-0.1, -0.05) is 18.2 Å². The second kappa shape index (κ2) is 3.81. The second-order valence-electron chi connectivity index (χ2n) is 4.14. The van der Waals surface area contributed by atoms with Crippen molar-refractivity contribution < 1.29 is 4.74 Å². The van der Waals surface area contributed by atoms with E-state index in [1.807, 2.05) is 42.5 Å². The molecule has 0 radical (unpaired) electrons. The van der Waals surface area contributed by atoms with Gasteiger partial charge in [-0.2, -0.15) is 5.21 Å². The third-order valence-corrected chi connectivity index (χ3v) is 2.98. The van der Waals surface area contributed by atoms with Crippen molar-refractivity contribution in [1.29, 1.82) is 0 Å². The summed E-state index contributed by atoms with van der Waals surface area (Å²) < 4.78 is 5.87. The zero-order valence-corrected chi connectivity index (χ0v) is 9.79. The van der Waals surface area contributed by atoms with Crippen molar-refractivity contribution in [3.05, 3.63) is 42.5 Å². The lowest BCUT2D eigenvalue weighted by molar-refractivity contribution is 0.481. The predicted molar refractivity (Wildman–Crippen MR) is 69.4 cm³/mol. The number of nitrogens with zero attached hydrogens (tertiary/aromatic N) is 3. The van der Waals surface area contributed by atoms with E-state index in [1.54, 1.807) is 0 Å². The molecule has 0 fully saturated rings. The van der Waals surface area contributed by atoms with Crippen LogP contribution in [0, 0.1) is 0 Å². The molecule has 1 aliphatic heterocycles. The fraction of sp³-hybridized carbons (Fsp3) is 0. The maximum absolute atomic E-state index is 5.87. The summed E-state index contributed by atoms with van der Waals surface area (Å²) in [6, 6.07) is 13.5. The lowest BCUT2D eigenvalue weighted by atomic mass is 10.1. The van der Waals surface area contributed by atoms with Gasteiger partial charge in [-0.05, 0) is 29.5 Å². The van der Waals surface area contributed by atoms with Crippen molar-refractivity contribution in [2.45, 2.75) is 0 Å². The Morgan fingerprint density at radius 1 is 0.947 bits per heavy atom. The van der Waals surface area contributed by atoms with Gasteiger partial charge in [-0.15, -0.1) is 10.2 Å². The number of H-pyrrole nitrogens is 1. The van der Waals surface area contributed by atoms with Gasteiger partial charge in [0.2, 0.25) is 5.82 Å². The van der Waals surface area contributed by atoms with E-state index in [-0.39, 0.29) is 0 Å². The smallest absolute Gasteiger partial charge is 0.206 e. The van der Waals surface area contributed by atoms with E-state index in [2.05, 4.69) is 25.9 Å². The van der Waals surface area contributed by atoms with Gasteiger partial charge in [0.1, 0.15) is 0 Å². The highest BCUT2D eigenvalue weighted by Gasteiger charge is 2.20. The number of ether oxygens (including phenoxy) is 1. The molecule has 1 aromatic heterocycles. The average Bonchev–Trinajstić information content (AvgIpc) is 2.98. The number of fused-ring (bicyclic) bond motifs is 2. The number of anilines is 2. The molecule has 0 bridgehead atoms. The average molecular weight is 251 g/mol. The van der Waals surface area contributed by atoms with Gasteiger partial charge < -0.3 is 10.1 Å². The van der Waals surface area contributed by atoms with Crippen LogP contribution in [0.25, 0.3) is 11.4 Å². The number of rotatable bonds is 1. The molecule has 4 rings (SSSR count). The van der Waals surface area contributed by atoms with E-state index in [1.165, 1.54) is 0 Å². The lowest BCUT2D eigenvalue weighted by Gasteiger charge is -2.22. The molecule has 1 aliphatic rings. The molecule has 0 saturated carbocycles. The van der Waals surface area contributed by atoms with Crippen LogP contribution >= 0.6 is 0 Å². The summed E-state index contributed by atoms with van der Waals surface area (Å²) in [5.74, 6) is 2.09. The fourth-order valence-corrected chi connectivity index (χ4v) is 2.12. The molecule has 6 nitrogen and oxygen atoms in total. The molecule has 0 amide bonds. The Labute approximate surface area is 108 Å². The summed E-state index contributed by atoms with van der Waals surface area (Å²) in [6.45, 7) is 0. The molecule has 0 atom stereocenters. The van der Waals surface area contributed by atoms with Gasteiger partial charge in [0, 0.05) is 0 Å². The maximum atomic E-state index is 5.87. The van der Waals surface area contributed by atoms with Crippen molar-refractivity contribution in [3.63, 3.8) is 0 Å². The zero-order valence-electron chi connectivity index (χ0n) is 9.79. The van der Waals surface area contributed by atoms with Crippen molar-refractivity contribution in [2.24, 2.45) is 0 Å². The van der Waals surface area contributed by atoms with Crippen molar-refractivity contribution >= 4 is 11.4 Å². The minimum Gasteiger partial charge on any atom is -0.453 e. The third-order valence-electron chi connectivity index (χ3n) is 2.98. The number of hydrogen-bond donors (Lipinski definition) is 2. The standard InChI is InChI=1S/C13H9N5O/c1-2-6-10-9(5-1)14-12-8(13-15-17-18-16-13)4-3-7-11(12)19-10/h1-7,14H,(H,15,16,17,18). The van der Waals surface area contributed by atoms with Crippen LogP contribution in [0.15, 0.2) is 42.5 Å². The highest BCUT2D eigenvalue weighted by atomic mass is 16.5. The molecule has 0 saturated heterocycles. The normalized spacial score (nSPS) is 12.0. The van der Waals surface area contributed by atoms with E-state index in [0.29, 0.717) is 5.82 Å². The summed E-state index contributed by atoms with van der Waals surface area (Å²) in [5.41, 5.74) is 2.62. The Morgan fingerprint density at radius 2 is 1.84 bits per heavy atom. The van der Waals surface area contributed by atoms with Crippen LogP contribution in [0.1, 0.15) is 0 Å². The molecular weight excluding hydrogens is 242 g/mol. The molecule has 2 heterocycles. The van der Waals surface area contributed by atoms with Gasteiger partial charge in [-0.3, -0.25) is 0 Å². The highest BCUT2D eigenvalue weighted by molar-refractivity contribution is 5.86. The van der Waals surface area contributed by atoms with Crippen LogP contribution in [0.4, 0.5) is 11.4 Å². The van der Waals surface area contributed by atoms with Crippen LogP contribution in [-0.4, -0.2) is 20.6 Å². The molecule has 3 aromatic rings. The van der Waals surface area contributed by atoms with Gasteiger partial charge in [-0.25, -0.2) is 0 Å². The fourth-order valence-electron chi connectivity index (χ4n) is 2.12. The quantitative estimate of drug-likeness (QED) is 0.544. The SMILES string of the molecule is c1ccc2c(c1)Nc1c(cccc1-c1nn[nH]n1)O2. The number of aromatic nitrogens is 4. The predicted octanol–water partition coefficient (Wildman–Crippen LogP) is 2.72. The van der Waals surface area contributed by atoms with Crippen LogP contribution in [0.2, 0.25) is 0 Å². The van der Waals surface area contributed by atoms with E-state index in [0.717, 1.165) is 28.4 Å². The Hall–Kier alpha value is -2.89. The number of aromatic amines is 1. The lowest BCUT2D eigenvalue weighted by Crippen LogP contribution is -2.04. The number of tetrazole rings is 1. The third kappa shape index (κ3) is 1.54. The van der Waals surface area contributed by atoms with Gasteiger partial charge in [0.05, 0.1) is 16.9 Å².